The minimum absolute atomic E-state index is 0.0248. The molecule has 0 saturated carbocycles. The van der Waals surface area contributed by atoms with E-state index in [2.05, 4.69) is 21.2 Å². The van der Waals surface area contributed by atoms with Gasteiger partial charge in [-0.3, -0.25) is 4.79 Å². The van der Waals surface area contributed by atoms with E-state index < -0.39 is 15.0 Å². The quantitative estimate of drug-likeness (QED) is 0.584. The predicted molar refractivity (Wildman–Crippen MR) is 81.0 cm³/mol. The largest absolute Gasteiger partial charge is 0.380 e. The van der Waals surface area contributed by atoms with Crippen molar-refractivity contribution in [3.8, 4) is 0 Å². The van der Waals surface area contributed by atoms with Gasteiger partial charge >= 0.3 is 0 Å². The number of nitrogens with one attached hydrogen (secondary N) is 1. The number of ether oxygens (including phenoxy) is 1. The molecular weight excluding hydrogens is 393 g/mol. The summed E-state index contributed by atoms with van der Waals surface area (Å²) in [6.07, 6.45) is 0. The van der Waals surface area contributed by atoms with Gasteiger partial charge in [0.2, 0.25) is 0 Å². The highest BCUT2D eigenvalue weighted by molar-refractivity contribution is 9.10. The van der Waals surface area contributed by atoms with Crippen molar-refractivity contribution in [1.82, 2.24) is 5.32 Å². The van der Waals surface area contributed by atoms with Crippen LogP contribution in [0.4, 0.5) is 0 Å². The minimum atomic E-state index is -4.04. The molecule has 0 heterocycles. The van der Waals surface area contributed by atoms with Crippen LogP contribution < -0.4 is 5.32 Å². The number of amides is 1. The fourth-order valence-corrected chi connectivity index (χ4v) is 3.57. The fraction of sp³-hybridized carbons (Fsp3) is 0.364. The van der Waals surface area contributed by atoms with E-state index in [9.17, 15) is 13.2 Å². The Morgan fingerprint density at radius 1 is 1.45 bits per heavy atom. The predicted octanol–water partition coefficient (Wildman–Crippen LogP) is 2.80. The number of rotatable bonds is 6. The highest BCUT2D eigenvalue weighted by Crippen LogP contribution is 2.31. The maximum Gasteiger partial charge on any atom is 0.262 e. The van der Waals surface area contributed by atoms with E-state index in [4.69, 9.17) is 27.0 Å². The highest BCUT2D eigenvalue weighted by atomic mass is 79.9. The van der Waals surface area contributed by atoms with Crippen LogP contribution in [0.5, 0.6) is 0 Å². The van der Waals surface area contributed by atoms with E-state index in [1.54, 1.807) is 0 Å². The molecule has 5 nitrogen and oxygen atoms in total. The van der Waals surface area contributed by atoms with Crippen molar-refractivity contribution in [1.29, 1.82) is 0 Å². The van der Waals surface area contributed by atoms with Crippen molar-refractivity contribution in [2.24, 2.45) is 0 Å². The zero-order valence-electron chi connectivity index (χ0n) is 10.5. The lowest BCUT2D eigenvalue weighted by Gasteiger charge is -2.09. The molecule has 0 saturated heterocycles. The summed E-state index contributed by atoms with van der Waals surface area (Å²) in [5, 5.41) is 2.36. The van der Waals surface area contributed by atoms with Crippen LogP contribution in [0.1, 0.15) is 17.3 Å². The van der Waals surface area contributed by atoms with E-state index in [-0.39, 0.29) is 15.5 Å². The van der Waals surface area contributed by atoms with Crippen LogP contribution in [0.2, 0.25) is 5.02 Å². The molecule has 0 aliphatic heterocycles. The van der Waals surface area contributed by atoms with Crippen molar-refractivity contribution in [2.45, 2.75) is 11.8 Å². The summed E-state index contributed by atoms with van der Waals surface area (Å²) in [6, 6.07) is 2.66. The van der Waals surface area contributed by atoms with Gasteiger partial charge in [-0.15, -0.1) is 0 Å². The first-order chi connectivity index (χ1) is 9.27. The number of carbonyl (C=O) groups is 1. The smallest absolute Gasteiger partial charge is 0.262 e. The van der Waals surface area contributed by atoms with E-state index in [1.807, 2.05) is 6.92 Å². The zero-order valence-corrected chi connectivity index (χ0v) is 14.4. The Hall–Kier alpha value is -0.340. The third-order valence-corrected chi connectivity index (χ3v) is 4.57. The van der Waals surface area contributed by atoms with Crippen molar-refractivity contribution in [3.63, 3.8) is 0 Å². The Morgan fingerprint density at radius 2 is 2.10 bits per heavy atom. The molecule has 0 aromatic heterocycles. The molecule has 0 bridgehead atoms. The molecule has 0 aliphatic rings. The average Bonchev–Trinajstić information content (AvgIpc) is 2.35. The van der Waals surface area contributed by atoms with Crippen molar-refractivity contribution >= 4 is 53.2 Å². The summed E-state index contributed by atoms with van der Waals surface area (Å²) in [5.41, 5.74) is 0.0248. The number of hydrogen-bond donors (Lipinski definition) is 1. The van der Waals surface area contributed by atoms with Crippen LogP contribution in [-0.2, 0) is 13.8 Å². The second-order valence-electron chi connectivity index (χ2n) is 3.66. The molecule has 1 aromatic carbocycles. The molecular formula is C11H12BrCl2NO4S. The number of hydrogen-bond acceptors (Lipinski definition) is 4. The molecule has 1 N–H and O–H groups in total. The molecule has 20 heavy (non-hydrogen) atoms. The molecule has 1 aromatic rings. The maximum atomic E-state index is 12.0. The minimum Gasteiger partial charge on any atom is -0.380 e. The van der Waals surface area contributed by atoms with Gasteiger partial charge in [0.1, 0.15) is 4.90 Å². The van der Waals surface area contributed by atoms with E-state index >= 15 is 0 Å². The van der Waals surface area contributed by atoms with Crippen molar-refractivity contribution < 1.29 is 17.9 Å². The van der Waals surface area contributed by atoms with Crippen LogP contribution in [0.3, 0.4) is 0 Å². The van der Waals surface area contributed by atoms with E-state index in [0.29, 0.717) is 24.2 Å². The van der Waals surface area contributed by atoms with Crippen LogP contribution in [0, 0.1) is 0 Å². The Bertz CT molecular complexity index is 607. The Kier molecular flexibility index (Phi) is 6.74. The second-order valence-corrected chi connectivity index (χ2v) is 7.48. The molecule has 112 valence electrons. The molecule has 1 amide bonds. The number of benzene rings is 1. The molecule has 0 spiro atoms. The third kappa shape index (κ3) is 4.89. The maximum absolute atomic E-state index is 12.0. The topological polar surface area (TPSA) is 72.5 Å². The van der Waals surface area contributed by atoms with E-state index in [1.165, 1.54) is 12.1 Å². The van der Waals surface area contributed by atoms with Crippen LogP contribution in [-0.4, -0.2) is 34.1 Å². The van der Waals surface area contributed by atoms with Gasteiger partial charge in [-0.25, -0.2) is 8.42 Å². The Labute approximate surface area is 135 Å². The normalized spacial score (nSPS) is 11.4. The number of carbonyl (C=O) groups excluding carboxylic acids is 1. The van der Waals surface area contributed by atoms with Gasteiger partial charge in [0.05, 0.1) is 17.2 Å². The zero-order chi connectivity index (χ0) is 15.3. The van der Waals surface area contributed by atoms with Crippen molar-refractivity contribution in [3.05, 3.63) is 27.2 Å². The van der Waals surface area contributed by atoms with Gasteiger partial charge < -0.3 is 10.1 Å². The Morgan fingerprint density at radius 3 is 2.65 bits per heavy atom. The summed E-state index contributed by atoms with van der Waals surface area (Å²) >= 11 is 9.04. The molecule has 0 radical (unpaired) electrons. The molecule has 1 rings (SSSR count). The summed E-state index contributed by atoms with van der Waals surface area (Å²) in [7, 11) is 1.24. The third-order valence-electron chi connectivity index (χ3n) is 2.25. The monoisotopic (exact) mass is 403 g/mol. The first kappa shape index (κ1) is 17.7. The first-order valence-corrected chi connectivity index (χ1v) is 9.05. The molecule has 9 heteroatoms. The van der Waals surface area contributed by atoms with Gasteiger partial charge in [-0.1, -0.05) is 27.5 Å². The van der Waals surface area contributed by atoms with Gasteiger partial charge in [0, 0.05) is 28.3 Å². The lowest BCUT2D eigenvalue weighted by atomic mass is 10.2. The van der Waals surface area contributed by atoms with E-state index in [0.717, 1.165) is 0 Å². The summed E-state index contributed by atoms with van der Waals surface area (Å²) in [4.78, 5) is 11.6. The van der Waals surface area contributed by atoms with Crippen LogP contribution >= 0.6 is 38.2 Å². The van der Waals surface area contributed by atoms with Gasteiger partial charge in [-0.2, -0.15) is 0 Å². The van der Waals surface area contributed by atoms with Crippen molar-refractivity contribution in [2.75, 3.05) is 19.8 Å². The number of halogens is 3. The molecule has 0 unspecified atom stereocenters. The van der Waals surface area contributed by atoms with Gasteiger partial charge in [-0.05, 0) is 19.1 Å². The second kappa shape index (κ2) is 7.61. The Balaban J connectivity index is 3.01. The first-order valence-electron chi connectivity index (χ1n) is 5.57. The SMILES string of the molecule is CCOCCNC(=O)c1cc(Br)cc(S(=O)(=O)Cl)c1Cl. The summed E-state index contributed by atoms with van der Waals surface area (Å²) in [6.45, 7) is 3.03. The molecule has 0 atom stereocenters. The fourth-order valence-electron chi connectivity index (χ4n) is 1.38. The average molecular weight is 405 g/mol. The summed E-state index contributed by atoms with van der Waals surface area (Å²) < 4.78 is 28.2. The lowest BCUT2D eigenvalue weighted by molar-refractivity contribution is 0.0922. The van der Waals surface area contributed by atoms with Gasteiger partial charge in [0.25, 0.3) is 15.0 Å². The molecule has 0 aliphatic carbocycles. The summed E-state index contributed by atoms with van der Waals surface area (Å²) in [5.74, 6) is -0.502. The standard InChI is InChI=1S/C11H12BrCl2NO4S/c1-2-19-4-3-15-11(16)8-5-7(12)6-9(10(8)13)20(14,17)18/h5-6H,2-4H2,1H3,(H,15,16). The molecule has 0 fully saturated rings. The van der Waals surface area contributed by atoms with Crippen LogP contribution in [0.15, 0.2) is 21.5 Å². The highest BCUT2D eigenvalue weighted by Gasteiger charge is 2.21. The lowest BCUT2D eigenvalue weighted by Crippen LogP contribution is -2.27. The van der Waals surface area contributed by atoms with Crippen LogP contribution in [0.25, 0.3) is 0 Å². The van der Waals surface area contributed by atoms with Gasteiger partial charge in [0.15, 0.2) is 0 Å².